The second-order valence-electron chi connectivity index (χ2n) is 7.51. The van der Waals surface area contributed by atoms with E-state index in [4.69, 9.17) is 4.98 Å². The maximum Gasteiger partial charge on any atom is 0.157 e. The van der Waals surface area contributed by atoms with Crippen LogP contribution in [0.3, 0.4) is 0 Å². The minimum absolute atomic E-state index is 0.833. The van der Waals surface area contributed by atoms with Crippen molar-refractivity contribution in [1.29, 1.82) is 0 Å². The van der Waals surface area contributed by atoms with Gasteiger partial charge >= 0.3 is 0 Å². The van der Waals surface area contributed by atoms with E-state index in [1.165, 1.54) is 5.69 Å². The summed E-state index contributed by atoms with van der Waals surface area (Å²) in [6.45, 7) is 17.4. The molecule has 0 spiro atoms. The highest BCUT2D eigenvalue weighted by atomic mass is 15.2. The lowest BCUT2D eigenvalue weighted by Gasteiger charge is -2.31. The molecule has 0 saturated heterocycles. The first-order valence-corrected chi connectivity index (χ1v) is 11.3. The van der Waals surface area contributed by atoms with E-state index in [0.717, 1.165) is 74.9 Å². The first-order chi connectivity index (χ1) is 14.7. The molecule has 0 atom stereocenters. The van der Waals surface area contributed by atoms with Crippen molar-refractivity contribution in [3.63, 3.8) is 0 Å². The number of rotatable bonds is 12. The van der Waals surface area contributed by atoms with Gasteiger partial charge in [-0.15, -0.1) is 0 Å². The summed E-state index contributed by atoms with van der Waals surface area (Å²) in [7, 11) is 0. The number of pyridine rings is 1. The summed E-state index contributed by atoms with van der Waals surface area (Å²) in [5.74, 6) is 0.884. The fourth-order valence-corrected chi connectivity index (χ4v) is 3.88. The van der Waals surface area contributed by atoms with Gasteiger partial charge in [0.25, 0.3) is 0 Å². The minimum atomic E-state index is 0.833. The number of likely N-dealkylation sites (N-methyl/N-ethyl adjacent to an activating group) is 2. The summed E-state index contributed by atoms with van der Waals surface area (Å²) in [5.41, 5.74) is 4.10. The molecule has 0 aliphatic rings. The van der Waals surface area contributed by atoms with E-state index in [2.05, 4.69) is 76.6 Å². The second kappa shape index (κ2) is 11.1. The lowest BCUT2D eigenvalue weighted by molar-refractivity contribution is 0.294. The van der Waals surface area contributed by atoms with E-state index in [-0.39, 0.29) is 0 Å². The Balaban J connectivity index is 1.91. The molecule has 0 radical (unpaired) electrons. The van der Waals surface area contributed by atoms with Crippen molar-refractivity contribution in [2.24, 2.45) is 0 Å². The standard InChI is InChI=1S/C24H36N6/c1-5-28(6-2)16-18-30(19-17-29(7-3)8-4)22-14-10-9-12-20(22)23-26-21-13-11-15-25-24(21)27-23/h9-15H,5-8,16-19H2,1-4H3,(H,25,26,27). The Morgan fingerprint density at radius 2 is 1.40 bits per heavy atom. The van der Waals surface area contributed by atoms with Crippen LogP contribution in [-0.4, -0.2) is 77.1 Å². The summed E-state index contributed by atoms with van der Waals surface area (Å²) >= 11 is 0. The Morgan fingerprint density at radius 1 is 0.767 bits per heavy atom. The Kier molecular flexibility index (Phi) is 8.22. The van der Waals surface area contributed by atoms with E-state index in [1.807, 2.05) is 12.1 Å². The van der Waals surface area contributed by atoms with Crippen molar-refractivity contribution in [2.75, 3.05) is 57.3 Å². The van der Waals surface area contributed by atoms with Crippen LogP contribution in [0, 0.1) is 0 Å². The van der Waals surface area contributed by atoms with Crippen molar-refractivity contribution in [3.8, 4) is 11.4 Å². The van der Waals surface area contributed by atoms with E-state index >= 15 is 0 Å². The Bertz CT molecular complexity index is 848. The van der Waals surface area contributed by atoms with Crippen LogP contribution in [0.1, 0.15) is 27.7 Å². The van der Waals surface area contributed by atoms with Gasteiger partial charge in [-0.1, -0.05) is 39.8 Å². The highest BCUT2D eigenvalue weighted by Gasteiger charge is 2.17. The Labute approximate surface area is 180 Å². The zero-order valence-corrected chi connectivity index (χ0v) is 18.9. The lowest BCUT2D eigenvalue weighted by atomic mass is 10.1. The molecular formula is C24H36N6. The molecule has 162 valence electrons. The van der Waals surface area contributed by atoms with Crippen LogP contribution in [0.5, 0.6) is 0 Å². The number of aromatic amines is 1. The molecule has 0 aliphatic heterocycles. The van der Waals surface area contributed by atoms with Gasteiger partial charge in [0.1, 0.15) is 11.3 Å². The van der Waals surface area contributed by atoms with E-state index in [0.29, 0.717) is 0 Å². The van der Waals surface area contributed by atoms with E-state index < -0.39 is 0 Å². The first-order valence-electron chi connectivity index (χ1n) is 11.3. The van der Waals surface area contributed by atoms with Gasteiger partial charge in [-0.3, -0.25) is 0 Å². The number of benzene rings is 1. The molecule has 0 aliphatic carbocycles. The molecule has 6 nitrogen and oxygen atoms in total. The molecule has 6 heteroatoms. The van der Waals surface area contributed by atoms with Gasteiger partial charge in [0.05, 0.1) is 0 Å². The summed E-state index contributed by atoms with van der Waals surface area (Å²) in [5, 5.41) is 0. The molecule has 30 heavy (non-hydrogen) atoms. The third-order valence-corrected chi connectivity index (χ3v) is 5.92. The predicted octanol–water partition coefficient (Wildman–Crippen LogP) is 4.11. The first kappa shape index (κ1) is 22.2. The molecule has 0 amide bonds. The van der Waals surface area contributed by atoms with Crippen LogP contribution in [0.15, 0.2) is 42.6 Å². The highest BCUT2D eigenvalue weighted by Crippen LogP contribution is 2.30. The van der Waals surface area contributed by atoms with Crippen molar-refractivity contribution < 1.29 is 0 Å². The number of H-pyrrole nitrogens is 1. The van der Waals surface area contributed by atoms with Gasteiger partial charge in [-0.05, 0) is 50.4 Å². The van der Waals surface area contributed by atoms with Crippen LogP contribution in [-0.2, 0) is 0 Å². The SMILES string of the molecule is CCN(CC)CCN(CCN(CC)CC)c1ccccc1-c1nc2cccnc2[nH]1. The predicted molar refractivity (Wildman–Crippen MR) is 127 cm³/mol. The number of hydrogen-bond donors (Lipinski definition) is 1. The van der Waals surface area contributed by atoms with Gasteiger partial charge in [0.15, 0.2) is 5.65 Å². The average Bonchev–Trinajstić information content (AvgIpc) is 3.23. The smallest absolute Gasteiger partial charge is 0.157 e. The molecule has 1 N–H and O–H groups in total. The summed E-state index contributed by atoms with van der Waals surface area (Å²) < 4.78 is 0. The number of anilines is 1. The van der Waals surface area contributed by atoms with Gasteiger partial charge in [-0.2, -0.15) is 0 Å². The third-order valence-electron chi connectivity index (χ3n) is 5.92. The van der Waals surface area contributed by atoms with Crippen LogP contribution < -0.4 is 4.90 Å². The molecule has 2 heterocycles. The maximum absolute atomic E-state index is 4.82. The zero-order valence-electron chi connectivity index (χ0n) is 18.9. The quantitative estimate of drug-likeness (QED) is 0.489. The summed E-state index contributed by atoms with van der Waals surface area (Å²) in [4.78, 5) is 20.1. The number of nitrogens with one attached hydrogen (secondary N) is 1. The average molecular weight is 409 g/mol. The molecule has 3 aromatic rings. The third kappa shape index (κ3) is 5.37. The molecular weight excluding hydrogens is 372 g/mol. The van der Waals surface area contributed by atoms with Crippen molar-refractivity contribution in [2.45, 2.75) is 27.7 Å². The van der Waals surface area contributed by atoms with E-state index in [9.17, 15) is 0 Å². The van der Waals surface area contributed by atoms with Crippen LogP contribution in [0.4, 0.5) is 5.69 Å². The number of imidazole rings is 1. The maximum atomic E-state index is 4.82. The molecule has 1 aromatic carbocycles. The van der Waals surface area contributed by atoms with Crippen molar-refractivity contribution in [1.82, 2.24) is 24.8 Å². The Hall–Kier alpha value is -2.44. The van der Waals surface area contributed by atoms with E-state index in [1.54, 1.807) is 6.20 Å². The highest BCUT2D eigenvalue weighted by molar-refractivity contribution is 5.81. The van der Waals surface area contributed by atoms with Crippen molar-refractivity contribution in [3.05, 3.63) is 42.6 Å². The number of nitrogens with zero attached hydrogens (tertiary/aromatic N) is 5. The molecule has 0 fully saturated rings. The van der Waals surface area contributed by atoms with Crippen LogP contribution in [0.2, 0.25) is 0 Å². The molecule has 2 aromatic heterocycles. The second-order valence-corrected chi connectivity index (χ2v) is 7.51. The minimum Gasteiger partial charge on any atom is -0.368 e. The summed E-state index contributed by atoms with van der Waals surface area (Å²) in [6, 6.07) is 12.5. The fraction of sp³-hybridized carbons (Fsp3) is 0.500. The topological polar surface area (TPSA) is 51.3 Å². The molecule has 0 saturated carbocycles. The fourth-order valence-electron chi connectivity index (χ4n) is 3.88. The lowest BCUT2D eigenvalue weighted by Crippen LogP contribution is -2.40. The van der Waals surface area contributed by atoms with Crippen molar-refractivity contribution >= 4 is 16.9 Å². The van der Waals surface area contributed by atoms with Gasteiger partial charge < -0.3 is 19.7 Å². The number of para-hydroxylation sites is 1. The Morgan fingerprint density at radius 3 is 2.00 bits per heavy atom. The largest absolute Gasteiger partial charge is 0.368 e. The van der Waals surface area contributed by atoms with Gasteiger partial charge in [-0.25, -0.2) is 9.97 Å². The van der Waals surface area contributed by atoms with Crippen LogP contribution in [0.25, 0.3) is 22.6 Å². The van der Waals surface area contributed by atoms with Gasteiger partial charge in [0.2, 0.25) is 0 Å². The molecule has 0 unspecified atom stereocenters. The normalized spacial score (nSPS) is 11.7. The zero-order chi connectivity index (χ0) is 21.3. The summed E-state index contributed by atoms with van der Waals surface area (Å²) in [6.07, 6.45) is 1.80. The molecule has 3 rings (SSSR count). The monoisotopic (exact) mass is 408 g/mol. The number of fused-ring (bicyclic) bond motifs is 1. The van der Waals surface area contributed by atoms with Gasteiger partial charge in [0, 0.05) is 43.6 Å². The number of aromatic nitrogens is 3. The van der Waals surface area contributed by atoms with Crippen LogP contribution >= 0.6 is 0 Å². The number of hydrogen-bond acceptors (Lipinski definition) is 5. The molecule has 0 bridgehead atoms.